The zero-order valence-electron chi connectivity index (χ0n) is 8.97. The first kappa shape index (κ1) is 10.8. The maximum Gasteiger partial charge on any atom is 0.0254 e. The van der Waals surface area contributed by atoms with Crippen molar-refractivity contribution in [1.82, 2.24) is 5.32 Å². The van der Waals surface area contributed by atoms with Gasteiger partial charge in [-0.25, -0.2) is 0 Å². The van der Waals surface area contributed by atoms with Crippen LogP contribution in [0.25, 0.3) is 0 Å². The van der Waals surface area contributed by atoms with Crippen LogP contribution < -0.4 is 5.32 Å². The van der Waals surface area contributed by atoms with Crippen molar-refractivity contribution in [3.63, 3.8) is 0 Å². The first-order chi connectivity index (χ1) is 6.90. The Labute approximate surface area is 92.6 Å². The Bertz CT molecular complexity index is 168. The summed E-state index contributed by atoms with van der Waals surface area (Å²) in [6.07, 6.45) is 8.52. The molecule has 0 aliphatic heterocycles. The molecule has 14 heavy (non-hydrogen) atoms. The number of halogens is 1. The molecule has 2 rings (SSSR count). The molecular formula is C12H22ClN. The van der Waals surface area contributed by atoms with E-state index >= 15 is 0 Å². The predicted octanol–water partition coefficient (Wildman–Crippen LogP) is 3.03. The van der Waals surface area contributed by atoms with Crippen LogP contribution in [0.4, 0.5) is 0 Å². The van der Waals surface area contributed by atoms with E-state index in [0.717, 1.165) is 23.6 Å². The van der Waals surface area contributed by atoms with E-state index in [1.165, 1.54) is 51.6 Å². The average molecular weight is 216 g/mol. The third kappa shape index (κ3) is 3.13. The van der Waals surface area contributed by atoms with Crippen LogP contribution >= 0.6 is 11.6 Å². The van der Waals surface area contributed by atoms with Gasteiger partial charge < -0.3 is 5.32 Å². The highest BCUT2D eigenvalue weighted by Gasteiger charge is 2.26. The van der Waals surface area contributed by atoms with Gasteiger partial charge in [-0.1, -0.05) is 19.3 Å². The third-order valence-corrected chi connectivity index (χ3v) is 4.24. The smallest absolute Gasteiger partial charge is 0.0254 e. The van der Waals surface area contributed by atoms with E-state index in [1.807, 2.05) is 0 Å². The molecule has 2 aliphatic carbocycles. The Morgan fingerprint density at radius 2 is 1.86 bits per heavy atom. The van der Waals surface area contributed by atoms with Gasteiger partial charge >= 0.3 is 0 Å². The molecule has 0 spiro atoms. The second-order valence-electron chi connectivity index (χ2n) is 5.04. The lowest BCUT2D eigenvalue weighted by Crippen LogP contribution is -2.26. The highest BCUT2D eigenvalue weighted by molar-refractivity contribution is 6.18. The second-order valence-corrected chi connectivity index (χ2v) is 5.35. The van der Waals surface area contributed by atoms with E-state index in [-0.39, 0.29) is 0 Å². The Morgan fingerprint density at radius 1 is 1.07 bits per heavy atom. The summed E-state index contributed by atoms with van der Waals surface area (Å²) in [6.45, 7) is 2.44. The Balaban J connectivity index is 1.54. The molecule has 0 radical (unpaired) electrons. The van der Waals surface area contributed by atoms with Crippen LogP contribution in [0, 0.1) is 17.8 Å². The van der Waals surface area contributed by atoms with Gasteiger partial charge in [0.25, 0.3) is 0 Å². The topological polar surface area (TPSA) is 12.0 Å². The highest BCUT2D eigenvalue weighted by Crippen LogP contribution is 2.33. The molecule has 2 saturated carbocycles. The molecule has 2 fully saturated rings. The summed E-state index contributed by atoms with van der Waals surface area (Å²) in [5.74, 6) is 3.60. The van der Waals surface area contributed by atoms with Crippen molar-refractivity contribution < 1.29 is 0 Å². The standard InChI is InChI=1S/C12H22ClN/c13-8-11-2-1-3-12(11)9-14-7-6-10-4-5-10/h10-12,14H,1-9H2. The van der Waals surface area contributed by atoms with Crippen molar-refractivity contribution >= 4 is 11.6 Å². The normalized spacial score (nSPS) is 32.4. The minimum atomic E-state index is 0.796. The van der Waals surface area contributed by atoms with Crippen molar-refractivity contribution in [3.8, 4) is 0 Å². The summed E-state index contributed by atoms with van der Waals surface area (Å²) in [6, 6.07) is 0. The van der Waals surface area contributed by atoms with Gasteiger partial charge in [0.2, 0.25) is 0 Å². The third-order valence-electron chi connectivity index (χ3n) is 3.85. The Morgan fingerprint density at radius 3 is 2.57 bits per heavy atom. The van der Waals surface area contributed by atoms with Crippen LogP contribution in [0.1, 0.15) is 38.5 Å². The first-order valence-electron chi connectivity index (χ1n) is 6.17. The molecule has 0 saturated heterocycles. The van der Waals surface area contributed by atoms with Crippen molar-refractivity contribution in [2.45, 2.75) is 38.5 Å². The lowest BCUT2D eigenvalue weighted by molar-refractivity contribution is 0.393. The van der Waals surface area contributed by atoms with Gasteiger partial charge in [0.15, 0.2) is 0 Å². The van der Waals surface area contributed by atoms with E-state index in [4.69, 9.17) is 11.6 Å². The van der Waals surface area contributed by atoms with Gasteiger partial charge in [0, 0.05) is 5.88 Å². The molecule has 0 aromatic rings. The van der Waals surface area contributed by atoms with Gasteiger partial charge in [0.05, 0.1) is 0 Å². The number of rotatable bonds is 6. The molecule has 0 aromatic carbocycles. The van der Waals surface area contributed by atoms with Gasteiger partial charge in [-0.05, 0) is 50.1 Å². The van der Waals surface area contributed by atoms with Crippen LogP contribution in [0.2, 0.25) is 0 Å². The molecule has 0 bridgehead atoms. The zero-order valence-corrected chi connectivity index (χ0v) is 9.73. The number of alkyl halides is 1. The molecule has 2 atom stereocenters. The number of nitrogens with one attached hydrogen (secondary N) is 1. The quantitative estimate of drug-likeness (QED) is 0.531. The molecule has 0 heterocycles. The van der Waals surface area contributed by atoms with E-state index < -0.39 is 0 Å². The maximum atomic E-state index is 5.95. The van der Waals surface area contributed by atoms with Crippen molar-refractivity contribution in [1.29, 1.82) is 0 Å². The summed E-state index contributed by atoms with van der Waals surface area (Å²) >= 11 is 5.95. The summed E-state index contributed by atoms with van der Waals surface area (Å²) in [5.41, 5.74) is 0. The van der Waals surface area contributed by atoms with Crippen molar-refractivity contribution in [3.05, 3.63) is 0 Å². The van der Waals surface area contributed by atoms with Crippen LogP contribution in [-0.2, 0) is 0 Å². The van der Waals surface area contributed by atoms with Crippen molar-refractivity contribution in [2.75, 3.05) is 19.0 Å². The molecule has 1 nitrogen and oxygen atoms in total. The fraction of sp³-hybridized carbons (Fsp3) is 1.00. The molecule has 2 unspecified atom stereocenters. The Kier molecular flexibility index (Phi) is 4.12. The first-order valence-corrected chi connectivity index (χ1v) is 6.70. The van der Waals surface area contributed by atoms with E-state index in [9.17, 15) is 0 Å². The van der Waals surface area contributed by atoms with Crippen LogP contribution in [-0.4, -0.2) is 19.0 Å². The van der Waals surface area contributed by atoms with Gasteiger partial charge in [-0.15, -0.1) is 11.6 Å². The summed E-state index contributed by atoms with van der Waals surface area (Å²) in [5, 5.41) is 3.60. The molecule has 1 N–H and O–H groups in total. The number of hydrogen-bond acceptors (Lipinski definition) is 1. The lowest BCUT2D eigenvalue weighted by Gasteiger charge is -2.17. The summed E-state index contributed by atoms with van der Waals surface area (Å²) < 4.78 is 0. The van der Waals surface area contributed by atoms with Crippen LogP contribution in [0.5, 0.6) is 0 Å². The summed E-state index contributed by atoms with van der Waals surface area (Å²) in [4.78, 5) is 0. The predicted molar refractivity (Wildman–Crippen MR) is 61.8 cm³/mol. The lowest BCUT2D eigenvalue weighted by atomic mass is 9.98. The van der Waals surface area contributed by atoms with Gasteiger partial charge in [-0.3, -0.25) is 0 Å². The molecule has 2 heteroatoms. The fourth-order valence-electron chi connectivity index (χ4n) is 2.59. The minimum Gasteiger partial charge on any atom is -0.316 e. The summed E-state index contributed by atoms with van der Waals surface area (Å²) in [7, 11) is 0. The fourth-order valence-corrected chi connectivity index (χ4v) is 2.99. The number of hydrogen-bond donors (Lipinski definition) is 1. The largest absolute Gasteiger partial charge is 0.316 e. The molecule has 2 aliphatic rings. The molecule has 82 valence electrons. The second kappa shape index (κ2) is 5.37. The highest BCUT2D eigenvalue weighted by atomic mass is 35.5. The van der Waals surface area contributed by atoms with Gasteiger partial charge in [0.1, 0.15) is 0 Å². The molecular weight excluding hydrogens is 194 g/mol. The maximum absolute atomic E-state index is 5.95. The average Bonchev–Trinajstić information content (AvgIpc) is 2.91. The molecule has 0 amide bonds. The SMILES string of the molecule is ClCC1CCCC1CNCCC1CC1. The Hall–Kier alpha value is 0.250. The van der Waals surface area contributed by atoms with Crippen LogP contribution in [0.3, 0.4) is 0 Å². The van der Waals surface area contributed by atoms with E-state index in [2.05, 4.69) is 5.32 Å². The van der Waals surface area contributed by atoms with E-state index in [0.29, 0.717) is 0 Å². The molecule has 0 aromatic heterocycles. The minimum absolute atomic E-state index is 0.796. The zero-order chi connectivity index (χ0) is 9.80. The monoisotopic (exact) mass is 215 g/mol. The van der Waals surface area contributed by atoms with E-state index in [1.54, 1.807) is 0 Å². The van der Waals surface area contributed by atoms with Crippen LogP contribution in [0.15, 0.2) is 0 Å². The van der Waals surface area contributed by atoms with Gasteiger partial charge in [-0.2, -0.15) is 0 Å². The van der Waals surface area contributed by atoms with Crippen molar-refractivity contribution in [2.24, 2.45) is 17.8 Å².